The van der Waals surface area contributed by atoms with E-state index in [1.165, 1.54) is 0 Å². The molecule has 4 aromatic rings. The Bertz CT molecular complexity index is 1200. The van der Waals surface area contributed by atoms with Gasteiger partial charge in [-0.3, -0.25) is 4.79 Å². The van der Waals surface area contributed by atoms with Crippen molar-refractivity contribution >= 4 is 45.2 Å². The summed E-state index contributed by atoms with van der Waals surface area (Å²) in [5.41, 5.74) is 3.44. The van der Waals surface area contributed by atoms with Gasteiger partial charge in [-0.05, 0) is 41.0 Å². The topological polar surface area (TPSA) is 45.8 Å². The number of halogens is 2. The van der Waals surface area contributed by atoms with E-state index in [9.17, 15) is 4.79 Å². The van der Waals surface area contributed by atoms with Crippen molar-refractivity contribution in [1.29, 1.82) is 0 Å². The molecule has 0 radical (unpaired) electrons. The molecule has 1 aromatic heterocycles. The van der Waals surface area contributed by atoms with Crippen LogP contribution in [0.3, 0.4) is 0 Å². The van der Waals surface area contributed by atoms with Crippen molar-refractivity contribution < 1.29 is 0 Å². The zero-order valence-electron chi connectivity index (χ0n) is 14.1. The Morgan fingerprint density at radius 3 is 2.37 bits per heavy atom. The van der Waals surface area contributed by atoms with Gasteiger partial charge < -0.3 is 4.98 Å². The van der Waals surface area contributed by atoms with Gasteiger partial charge in [0.2, 0.25) is 0 Å². The molecule has 0 bridgehead atoms. The highest BCUT2D eigenvalue weighted by Gasteiger charge is 2.07. The second-order valence-electron chi connectivity index (χ2n) is 6.06. The second-order valence-corrected chi connectivity index (χ2v) is 6.90. The Morgan fingerprint density at radius 2 is 1.63 bits per heavy atom. The number of benzene rings is 3. The molecule has 0 saturated carbocycles. The summed E-state index contributed by atoms with van der Waals surface area (Å²) in [4.78, 5) is 19.4. The van der Waals surface area contributed by atoms with Gasteiger partial charge in [-0.1, -0.05) is 77.8 Å². The average Bonchev–Trinajstić information content (AvgIpc) is 2.69. The Morgan fingerprint density at radius 1 is 0.926 bits per heavy atom. The van der Waals surface area contributed by atoms with Crippen LogP contribution >= 0.6 is 23.2 Å². The maximum absolute atomic E-state index is 12.2. The van der Waals surface area contributed by atoms with E-state index < -0.39 is 0 Å². The molecule has 0 fully saturated rings. The zero-order chi connectivity index (χ0) is 18.8. The van der Waals surface area contributed by atoms with Crippen molar-refractivity contribution in [2.75, 3.05) is 0 Å². The van der Waals surface area contributed by atoms with Gasteiger partial charge in [-0.25, -0.2) is 4.98 Å². The third kappa shape index (κ3) is 3.80. The molecule has 4 rings (SSSR count). The Hall–Kier alpha value is -2.88. The smallest absolute Gasteiger partial charge is 0.259 e. The molecule has 0 unspecified atom stereocenters. The lowest BCUT2D eigenvalue weighted by atomic mass is 10.0. The molecule has 0 saturated heterocycles. The zero-order valence-corrected chi connectivity index (χ0v) is 15.6. The molecule has 0 aliphatic heterocycles. The second kappa shape index (κ2) is 7.39. The number of nitrogens with one attached hydrogen (secondary N) is 1. The standard InChI is InChI=1S/C22H14Cl2N2O/c23-17-10-11-18-20(13-17)25-21(26-22(18)27)19(24)12-14-6-8-16(9-7-14)15-4-2-1-3-5-15/h1-13H,(H,25,26,27)/b19-12-. The van der Waals surface area contributed by atoms with Crippen LogP contribution in [-0.4, -0.2) is 9.97 Å². The fourth-order valence-corrected chi connectivity index (χ4v) is 3.22. The SMILES string of the molecule is O=c1[nH]c(/C(Cl)=C/c2ccc(-c3ccccc3)cc2)nc2cc(Cl)ccc12. The molecule has 132 valence electrons. The van der Waals surface area contributed by atoms with Gasteiger partial charge in [0.05, 0.1) is 15.9 Å². The summed E-state index contributed by atoms with van der Waals surface area (Å²) >= 11 is 12.4. The fourth-order valence-electron chi connectivity index (χ4n) is 2.84. The van der Waals surface area contributed by atoms with Gasteiger partial charge in [0.25, 0.3) is 5.56 Å². The van der Waals surface area contributed by atoms with E-state index in [1.54, 1.807) is 24.3 Å². The van der Waals surface area contributed by atoms with Gasteiger partial charge >= 0.3 is 0 Å². The third-order valence-electron chi connectivity index (χ3n) is 4.21. The fraction of sp³-hybridized carbons (Fsp3) is 0. The molecular weight excluding hydrogens is 379 g/mol. The highest BCUT2D eigenvalue weighted by molar-refractivity contribution is 6.50. The monoisotopic (exact) mass is 392 g/mol. The van der Waals surface area contributed by atoms with Gasteiger partial charge in [0.1, 0.15) is 0 Å². The predicted octanol–water partition coefficient (Wildman–Crippen LogP) is 5.98. The van der Waals surface area contributed by atoms with Gasteiger partial charge in [0, 0.05) is 5.02 Å². The largest absolute Gasteiger partial charge is 0.305 e. The number of aromatic nitrogens is 2. The van der Waals surface area contributed by atoms with Crippen LogP contribution in [0, 0.1) is 0 Å². The summed E-state index contributed by atoms with van der Waals surface area (Å²) in [6, 6.07) is 23.1. The Balaban J connectivity index is 1.68. The number of hydrogen-bond acceptors (Lipinski definition) is 2. The summed E-state index contributed by atoms with van der Waals surface area (Å²) < 4.78 is 0. The van der Waals surface area contributed by atoms with Crippen LogP contribution in [0.1, 0.15) is 11.4 Å². The quantitative estimate of drug-likeness (QED) is 0.465. The number of hydrogen-bond donors (Lipinski definition) is 1. The number of rotatable bonds is 3. The molecule has 0 atom stereocenters. The van der Waals surface area contributed by atoms with Crippen molar-refractivity contribution in [1.82, 2.24) is 9.97 Å². The summed E-state index contributed by atoms with van der Waals surface area (Å²) in [6.45, 7) is 0. The molecule has 5 heteroatoms. The third-order valence-corrected chi connectivity index (χ3v) is 4.73. The Labute approximate surface area is 165 Å². The van der Waals surface area contributed by atoms with Crippen molar-refractivity contribution in [2.24, 2.45) is 0 Å². The lowest BCUT2D eigenvalue weighted by Gasteiger charge is -2.04. The van der Waals surface area contributed by atoms with Gasteiger partial charge in [-0.15, -0.1) is 0 Å². The molecule has 3 aromatic carbocycles. The maximum atomic E-state index is 12.2. The van der Waals surface area contributed by atoms with E-state index in [0.29, 0.717) is 26.8 Å². The molecule has 0 aliphatic carbocycles. The van der Waals surface area contributed by atoms with E-state index >= 15 is 0 Å². The average molecular weight is 393 g/mol. The Kier molecular flexibility index (Phi) is 4.80. The van der Waals surface area contributed by atoms with Crippen LogP contribution < -0.4 is 5.56 Å². The van der Waals surface area contributed by atoms with Crippen LogP contribution in [0.2, 0.25) is 5.02 Å². The van der Waals surface area contributed by atoms with Crippen LogP contribution in [0.15, 0.2) is 77.6 Å². The van der Waals surface area contributed by atoms with Crippen LogP contribution in [0.4, 0.5) is 0 Å². The van der Waals surface area contributed by atoms with E-state index in [4.69, 9.17) is 23.2 Å². The van der Waals surface area contributed by atoms with E-state index in [1.807, 2.05) is 42.5 Å². The van der Waals surface area contributed by atoms with Crippen LogP contribution in [0.5, 0.6) is 0 Å². The first-order valence-electron chi connectivity index (χ1n) is 8.33. The van der Waals surface area contributed by atoms with Crippen molar-refractivity contribution in [2.45, 2.75) is 0 Å². The van der Waals surface area contributed by atoms with E-state index in [0.717, 1.165) is 16.7 Å². The summed E-state index contributed by atoms with van der Waals surface area (Å²) in [5, 5.41) is 1.34. The lowest BCUT2D eigenvalue weighted by molar-refractivity contribution is 1.14. The van der Waals surface area contributed by atoms with Crippen LogP contribution in [-0.2, 0) is 0 Å². The number of H-pyrrole nitrogens is 1. The minimum atomic E-state index is -0.252. The molecule has 1 N–H and O–H groups in total. The highest BCUT2D eigenvalue weighted by Crippen LogP contribution is 2.24. The number of nitrogens with zero attached hydrogens (tertiary/aromatic N) is 1. The molecule has 0 amide bonds. The van der Waals surface area contributed by atoms with Gasteiger partial charge in [-0.2, -0.15) is 0 Å². The minimum absolute atomic E-state index is 0.252. The van der Waals surface area contributed by atoms with Crippen molar-refractivity contribution in [3.05, 3.63) is 99.6 Å². The minimum Gasteiger partial charge on any atom is -0.305 e. The van der Waals surface area contributed by atoms with E-state index in [-0.39, 0.29) is 5.56 Å². The van der Waals surface area contributed by atoms with Crippen molar-refractivity contribution in [3.8, 4) is 11.1 Å². The number of fused-ring (bicyclic) bond motifs is 1. The normalized spacial score (nSPS) is 11.7. The lowest BCUT2D eigenvalue weighted by Crippen LogP contribution is -2.10. The maximum Gasteiger partial charge on any atom is 0.259 e. The summed E-state index contributed by atoms with van der Waals surface area (Å²) in [6.07, 6.45) is 1.77. The molecule has 0 aliphatic rings. The summed E-state index contributed by atoms with van der Waals surface area (Å²) in [5.74, 6) is 0.309. The van der Waals surface area contributed by atoms with E-state index in [2.05, 4.69) is 22.1 Å². The molecule has 1 heterocycles. The first-order valence-corrected chi connectivity index (χ1v) is 9.08. The van der Waals surface area contributed by atoms with Crippen LogP contribution in [0.25, 0.3) is 33.1 Å². The highest BCUT2D eigenvalue weighted by atomic mass is 35.5. The number of aromatic amines is 1. The van der Waals surface area contributed by atoms with Crippen molar-refractivity contribution in [3.63, 3.8) is 0 Å². The first-order chi connectivity index (χ1) is 13.1. The molecular formula is C22H14Cl2N2O. The van der Waals surface area contributed by atoms with Gasteiger partial charge in [0.15, 0.2) is 5.82 Å². The molecule has 27 heavy (non-hydrogen) atoms. The first kappa shape index (κ1) is 17.5. The molecule has 3 nitrogen and oxygen atoms in total. The molecule has 0 spiro atoms. The predicted molar refractivity (Wildman–Crippen MR) is 113 cm³/mol. The summed E-state index contributed by atoms with van der Waals surface area (Å²) in [7, 11) is 0.